The number of carbonyl (C=O) groups is 1. The van der Waals surface area contributed by atoms with Gasteiger partial charge in [-0.2, -0.15) is 0 Å². The van der Waals surface area contributed by atoms with E-state index in [0.717, 1.165) is 23.1 Å². The van der Waals surface area contributed by atoms with Crippen molar-refractivity contribution in [3.05, 3.63) is 34.2 Å². The van der Waals surface area contributed by atoms with E-state index < -0.39 is 0 Å². The Morgan fingerprint density at radius 1 is 1.23 bits per heavy atom. The third kappa shape index (κ3) is 3.62. The molecule has 0 bridgehead atoms. The highest BCUT2D eigenvalue weighted by Crippen LogP contribution is 2.34. The highest BCUT2D eigenvalue weighted by atomic mass is 35.5. The lowest BCUT2D eigenvalue weighted by Crippen LogP contribution is -2.33. The average molecular weight is 337 g/mol. The Hall–Kier alpha value is -1.10. The quantitative estimate of drug-likeness (QED) is 0.831. The molecule has 1 amide bonds. The number of rotatable bonds is 5. The minimum Gasteiger partial charge on any atom is -0.351 e. The number of benzene rings is 1. The van der Waals surface area contributed by atoms with E-state index in [1.54, 1.807) is 0 Å². The summed E-state index contributed by atoms with van der Waals surface area (Å²) < 4.78 is 1.06. The maximum atomic E-state index is 12.3. The zero-order chi connectivity index (χ0) is 15.4. The fraction of sp³-hybridized carbons (Fsp3) is 0.471. The molecular formula is C17H21ClN2OS. The molecule has 22 heavy (non-hydrogen) atoms. The van der Waals surface area contributed by atoms with Gasteiger partial charge in [-0.1, -0.05) is 36.2 Å². The number of piperidine rings is 1. The molecule has 1 aromatic heterocycles. The molecule has 0 radical (unpaired) electrons. The van der Waals surface area contributed by atoms with Crippen LogP contribution in [-0.4, -0.2) is 37.0 Å². The van der Waals surface area contributed by atoms with E-state index in [2.05, 4.69) is 10.2 Å². The number of fused-ring (bicyclic) bond motifs is 1. The predicted molar refractivity (Wildman–Crippen MR) is 94.1 cm³/mol. The number of hydrogen-bond acceptors (Lipinski definition) is 3. The van der Waals surface area contributed by atoms with Crippen molar-refractivity contribution in [2.75, 3.05) is 26.2 Å². The van der Waals surface area contributed by atoms with Crippen molar-refractivity contribution in [3.63, 3.8) is 0 Å². The molecule has 1 aliphatic heterocycles. The van der Waals surface area contributed by atoms with Crippen molar-refractivity contribution in [2.45, 2.75) is 25.7 Å². The predicted octanol–water partition coefficient (Wildman–Crippen LogP) is 4.16. The summed E-state index contributed by atoms with van der Waals surface area (Å²) in [5.74, 6) is -0.0511. The molecule has 1 N–H and O–H groups in total. The molecule has 118 valence electrons. The molecular weight excluding hydrogens is 316 g/mol. The van der Waals surface area contributed by atoms with Crippen molar-refractivity contribution in [1.82, 2.24) is 10.2 Å². The molecule has 0 unspecified atom stereocenters. The smallest absolute Gasteiger partial charge is 0.262 e. The number of halogens is 1. The van der Waals surface area contributed by atoms with E-state index >= 15 is 0 Å². The van der Waals surface area contributed by atoms with Gasteiger partial charge in [0.25, 0.3) is 5.91 Å². The van der Waals surface area contributed by atoms with Gasteiger partial charge in [-0.3, -0.25) is 4.79 Å². The van der Waals surface area contributed by atoms with Crippen molar-refractivity contribution in [3.8, 4) is 0 Å². The Morgan fingerprint density at radius 2 is 2.00 bits per heavy atom. The number of nitrogens with zero attached hydrogens (tertiary/aromatic N) is 1. The standard InChI is InChI=1S/C17H21ClN2OS/c18-15-13-7-2-3-8-14(13)22-16(15)17(21)19-9-6-12-20-10-4-1-5-11-20/h2-3,7-8H,1,4-6,9-12H2,(H,19,21). The van der Waals surface area contributed by atoms with E-state index in [1.165, 1.54) is 43.7 Å². The molecule has 5 heteroatoms. The van der Waals surface area contributed by atoms with Gasteiger partial charge in [0.05, 0.1) is 5.02 Å². The molecule has 3 nitrogen and oxygen atoms in total. The Morgan fingerprint density at radius 3 is 2.77 bits per heavy atom. The fourth-order valence-electron chi connectivity index (χ4n) is 2.93. The number of hydrogen-bond donors (Lipinski definition) is 1. The Balaban J connectivity index is 1.51. The normalized spacial score (nSPS) is 16.0. The fourth-order valence-corrected chi connectivity index (χ4v) is 4.36. The van der Waals surface area contributed by atoms with Gasteiger partial charge in [0.1, 0.15) is 4.88 Å². The molecule has 3 rings (SSSR count). The monoisotopic (exact) mass is 336 g/mol. The van der Waals surface area contributed by atoms with Gasteiger partial charge < -0.3 is 10.2 Å². The molecule has 1 aromatic carbocycles. The second-order valence-corrected chi connectivity index (χ2v) is 7.18. The first-order chi connectivity index (χ1) is 10.8. The minimum atomic E-state index is -0.0511. The van der Waals surface area contributed by atoms with E-state index in [0.29, 0.717) is 16.4 Å². The lowest BCUT2D eigenvalue weighted by Gasteiger charge is -2.26. The maximum absolute atomic E-state index is 12.3. The summed E-state index contributed by atoms with van der Waals surface area (Å²) in [6.07, 6.45) is 4.97. The van der Waals surface area contributed by atoms with E-state index in [-0.39, 0.29) is 5.91 Å². The van der Waals surface area contributed by atoms with Crippen LogP contribution in [0.4, 0.5) is 0 Å². The zero-order valence-corrected chi connectivity index (χ0v) is 14.2. The lowest BCUT2D eigenvalue weighted by atomic mass is 10.1. The molecule has 1 saturated heterocycles. The largest absolute Gasteiger partial charge is 0.351 e. The Bertz CT molecular complexity index is 649. The van der Waals surface area contributed by atoms with Crippen molar-refractivity contribution < 1.29 is 4.79 Å². The SMILES string of the molecule is O=C(NCCCN1CCCCC1)c1sc2ccccc2c1Cl. The van der Waals surface area contributed by atoms with E-state index in [4.69, 9.17) is 11.6 Å². The summed E-state index contributed by atoms with van der Waals surface area (Å²) in [5.41, 5.74) is 0. The average Bonchev–Trinajstić information content (AvgIpc) is 2.90. The topological polar surface area (TPSA) is 32.3 Å². The van der Waals surface area contributed by atoms with Gasteiger partial charge in [-0.15, -0.1) is 11.3 Å². The Labute approximate surface area is 140 Å². The molecule has 0 atom stereocenters. The first-order valence-electron chi connectivity index (χ1n) is 7.93. The maximum Gasteiger partial charge on any atom is 0.262 e. The van der Waals surface area contributed by atoms with Crippen molar-refractivity contribution in [2.24, 2.45) is 0 Å². The van der Waals surface area contributed by atoms with Gasteiger partial charge in [0.2, 0.25) is 0 Å². The molecule has 0 saturated carbocycles. The number of likely N-dealkylation sites (tertiary alicyclic amines) is 1. The summed E-state index contributed by atoms with van der Waals surface area (Å²) >= 11 is 7.79. The molecule has 0 aliphatic carbocycles. The van der Waals surface area contributed by atoms with Crippen molar-refractivity contribution >= 4 is 38.9 Å². The van der Waals surface area contributed by atoms with Gasteiger partial charge >= 0.3 is 0 Å². The summed E-state index contributed by atoms with van der Waals surface area (Å²) in [7, 11) is 0. The molecule has 1 fully saturated rings. The van der Waals surface area contributed by atoms with Crippen LogP contribution < -0.4 is 5.32 Å². The van der Waals surface area contributed by atoms with E-state index in [9.17, 15) is 4.79 Å². The summed E-state index contributed by atoms with van der Waals surface area (Å²) in [6, 6.07) is 7.87. The van der Waals surface area contributed by atoms with Crippen molar-refractivity contribution in [1.29, 1.82) is 0 Å². The molecule has 0 spiro atoms. The second-order valence-electron chi connectivity index (χ2n) is 5.75. The zero-order valence-electron chi connectivity index (χ0n) is 12.6. The molecule has 1 aliphatic rings. The highest BCUT2D eigenvalue weighted by Gasteiger charge is 2.16. The number of thiophene rings is 1. The Kier molecular flexibility index (Phi) is 5.34. The van der Waals surface area contributed by atoms with Crippen LogP contribution >= 0.6 is 22.9 Å². The number of carbonyl (C=O) groups excluding carboxylic acids is 1. The van der Waals surface area contributed by atoms with Gasteiger partial charge in [0, 0.05) is 16.6 Å². The first-order valence-corrected chi connectivity index (χ1v) is 9.13. The summed E-state index contributed by atoms with van der Waals surface area (Å²) in [4.78, 5) is 15.4. The van der Waals surface area contributed by atoms with Gasteiger partial charge in [-0.25, -0.2) is 0 Å². The minimum absolute atomic E-state index is 0.0511. The lowest BCUT2D eigenvalue weighted by molar-refractivity contribution is 0.0955. The van der Waals surface area contributed by atoms with Crippen LogP contribution in [0.3, 0.4) is 0 Å². The second kappa shape index (κ2) is 7.44. The highest BCUT2D eigenvalue weighted by molar-refractivity contribution is 7.21. The van der Waals surface area contributed by atoms with Crippen LogP contribution in [0, 0.1) is 0 Å². The molecule has 2 heterocycles. The first kappa shape index (κ1) is 15.8. The van der Waals surface area contributed by atoms with Gasteiger partial charge in [-0.05, 0) is 45.0 Å². The van der Waals surface area contributed by atoms with Crippen LogP contribution in [0.15, 0.2) is 24.3 Å². The van der Waals surface area contributed by atoms with Crippen LogP contribution in [0.2, 0.25) is 5.02 Å². The summed E-state index contributed by atoms with van der Waals surface area (Å²) in [5, 5.41) is 4.54. The molecule has 2 aromatic rings. The van der Waals surface area contributed by atoms with Crippen LogP contribution in [0.25, 0.3) is 10.1 Å². The van der Waals surface area contributed by atoms with E-state index in [1.807, 2.05) is 24.3 Å². The van der Waals surface area contributed by atoms with Crippen LogP contribution in [0.5, 0.6) is 0 Å². The van der Waals surface area contributed by atoms with Crippen LogP contribution in [-0.2, 0) is 0 Å². The summed E-state index contributed by atoms with van der Waals surface area (Å²) in [6.45, 7) is 4.19. The number of nitrogens with one attached hydrogen (secondary N) is 1. The number of amides is 1. The van der Waals surface area contributed by atoms with Crippen LogP contribution in [0.1, 0.15) is 35.4 Å². The third-order valence-corrected chi connectivity index (χ3v) is 5.80. The third-order valence-electron chi connectivity index (χ3n) is 4.13. The van der Waals surface area contributed by atoms with Gasteiger partial charge in [0.15, 0.2) is 0 Å².